The molecule has 1 amide bonds. The number of allylic oxidation sites excluding steroid dienone is 1. The molecule has 2 aromatic rings. The lowest BCUT2D eigenvalue weighted by molar-refractivity contribution is -0.113. The van der Waals surface area contributed by atoms with E-state index in [1.807, 2.05) is 35.9 Å². The van der Waals surface area contributed by atoms with Gasteiger partial charge in [0.1, 0.15) is 6.73 Å². The van der Waals surface area contributed by atoms with Crippen molar-refractivity contribution in [3.8, 4) is 11.1 Å². The third kappa shape index (κ3) is 5.41. The number of nitrogens with one attached hydrogen (secondary N) is 1. The molecule has 1 heterocycles. The highest BCUT2D eigenvalue weighted by Crippen LogP contribution is 2.49. The summed E-state index contributed by atoms with van der Waals surface area (Å²) in [5, 5.41) is 7.70. The van der Waals surface area contributed by atoms with Crippen LogP contribution in [0.2, 0.25) is 19.6 Å². The van der Waals surface area contributed by atoms with Crippen molar-refractivity contribution in [1.82, 2.24) is 9.78 Å². The Morgan fingerprint density at radius 2 is 1.73 bits per heavy atom. The number of benzene rings is 1. The van der Waals surface area contributed by atoms with E-state index in [2.05, 4.69) is 38.8 Å². The van der Waals surface area contributed by atoms with Crippen LogP contribution in [0.4, 0.5) is 5.69 Å². The Morgan fingerprint density at radius 3 is 2.24 bits per heavy atom. The van der Waals surface area contributed by atoms with E-state index in [0.29, 0.717) is 24.3 Å². The highest BCUT2D eigenvalue weighted by atomic mass is 28.3. The van der Waals surface area contributed by atoms with E-state index >= 15 is 0 Å². The van der Waals surface area contributed by atoms with E-state index in [-0.39, 0.29) is 11.6 Å². The van der Waals surface area contributed by atoms with E-state index in [1.54, 1.807) is 0 Å². The summed E-state index contributed by atoms with van der Waals surface area (Å²) in [6.45, 7) is 13.7. The fourth-order valence-corrected chi connectivity index (χ4v) is 4.86. The highest BCUT2D eigenvalue weighted by molar-refractivity contribution is 6.77. The van der Waals surface area contributed by atoms with Gasteiger partial charge in [0.25, 0.3) is 5.91 Å². The molecule has 1 aromatic carbocycles. The summed E-state index contributed by atoms with van der Waals surface area (Å²) < 4.78 is 8.07. The number of nitrogens with zero attached hydrogens (tertiary/aromatic N) is 2. The van der Waals surface area contributed by atoms with E-state index in [1.165, 1.54) is 31.3 Å². The Labute approximate surface area is 198 Å². The van der Waals surface area contributed by atoms with Crippen LogP contribution in [0.3, 0.4) is 0 Å². The second kappa shape index (κ2) is 9.10. The molecule has 2 aliphatic rings. The van der Waals surface area contributed by atoms with Gasteiger partial charge < -0.3 is 15.8 Å². The quantitative estimate of drug-likeness (QED) is 0.384. The highest BCUT2D eigenvalue weighted by Gasteiger charge is 2.39. The van der Waals surface area contributed by atoms with E-state index in [4.69, 9.17) is 15.6 Å². The summed E-state index contributed by atoms with van der Waals surface area (Å²) in [6.07, 6.45) is 4.68. The third-order valence-corrected chi connectivity index (χ3v) is 9.68. The van der Waals surface area contributed by atoms with Crippen molar-refractivity contribution in [2.75, 3.05) is 5.32 Å². The maximum absolute atomic E-state index is 12.8. The Balaban J connectivity index is 1.45. The van der Waals surface area contributed by atoms with Crippen LogP contribution >= 0.6 is 0 Å². The average molecular weight is 467 g/mol. The van der Waals surface area contributed by atoms with Gasteiger partial charge in [0, 0.05) is 22.7 Å². The molecule has 2 saturated carbocycles. The van der Waals surface area contributed by atoms with Gasteiger partial charge in [0.15, 0.2) is 0 Å². The van der Waals surface area contributed by atoms with Gasteiger partial charge in [0.05, 0.1) is 19.5 Å². The number of amides is 1. The lowest BCUT2D eigenvalue weighted by Gasteiger charge is -2.25. The molecule has 178 valence electrons. The Morgan fingerprint density at radius 1 is 1.15 bits per heavy atom. The number of carbonyl (C=O) groups is 1. The topological polar surface area (TPSA) is 82.2 Å². The Kier molecular flexibility index (Phi) is 6.56. The predicted octanol–water partition coefficient (Wildman–Crippen LogP) is 5.38. The number of hydrogen-bond acceptors (Lipinski definition) is 4. The number of rotatable bonds is 9. The molecular formula is C26H38N4O2Si. The van der Waals surface area contributed by atoms with Crippen LogP contribution in [0.15, 0.2) is 35.5 Å². The number of aryl methyl sites for hydroxylation is 1. The maximum atomic E-state index is 12.8. The molecule has 7 heteroatoms. The monoisotopic (exact) mass is 466 g/mol. The summed E-state index contributed by atoms with van der Waals surface area (Å²) in [5.41, 5.74) is 13.2. The average Bonchev–Trinajstić information content (AvgIpc) is 3.67. The van der Waals surface area contributed by atoms with Gasteiger partial charge in [-0.1, -0.05) is 31.8 Å². The first-order valence-corrected chi connectivity index (χ1v) is 15.7. The smallest absolute Gasteiger partial charge is 0.271 e. The molecule has 0 spiro atoms. The normalized spacial score (nSPS) is 17.0. The molecule has 1 atom stereocenters. The molecular weight excluding hydrogens is 428 g/mol. The lowest BCUT2D eigenvalue weighted by atomic mass is 10.0. The van der Waals surface area contributed by atoms with Crippen molar-refractivity contribution in [3.05, 3.63) is 46.9 Å². The third-order valence-electron chi connectivity index (χ3n) is 7.07. The van der Waals surface area contributed by atoms with Crippen LogP contribution in [0, 0.1) is 25.7 Å². The molecule has 2 aliphatic carbocycles. The minimum absolute atomic E-state index is 0.176. The largest absolute Gasteiger partial charge is 0.394 e. The number of anilines is 1. The molecule has 0 bridgehead atoms. The Hall–Kier alpha value is -2.38. The zero-order valence-electron chi connectivity index (χ0n) is 20.9. The van der Waals surface area contributed by atoms with E-state index in [0.717, 1.165) is 28.2 Å². The van der Waals surface area contributed by atoms with Gasteiger partial charge in [0.2, 0.25) is 0 Å². The molecule has 0 radical (unpaired) electrons. The van der Waals surface area contributed by atoms with Crippen molar-refractivity contribution in [2.45, 2.75) is 78.6 Å². The molecule has 0 unspecified atom stereocenters. The zero-order chi connectivity index (χ0) is 23.9. The van der Waals surface area contributed by atoms with Crippen LogP contribution < -0.4 is 11.1 Å². The number of aromatic nitrogens is 2. The van der Waals surface area contributed by atoms with Crippen molar-refractivity contribution in [3.63, 3.8) is 0 Å². The molecule has 2 fully saturated rings. The van der Waals surface area contributed by atoms with Crippen molar-refractivity contribution < 1.29 is 9.53 Å². The summed E-state index contributed by atoms with van der Waals surface area (Å²) in [6, 6.07) is 7.94. The number of ether oxygens (including phenoxy) is 1. The first kappa shape index (κ1) is 23.8. The minimum Gasteiger partial charge on any atom is -0.394 e. The van der Waals surface area contributed by atoms with E-state index in [9.17, 15) is 4.79 Å². The molecule has 0 aliphatic heterocycles. The summed E-state index contributed by atoms with van der Waals surface area (Å²) in [7, 11) is -1.35. The summed E-state index contributed by atoms with van der Waals surface area (Å²) in [5.74, 6) is 0.891. The fourth-order valence-electron chi connectivity index (χ4n) is 4.28. The number of hydrogen-bond donors (Lipinski definition) is 2. The SMILES string of the molecule is Cc1nn(CO[C@H](C)[Si](C)(C)C)c(C)c1-c1ccc(NC(=O)C(N)=C(C2CC2)C2CC2)cc1. The molecule has 1 aromatic heterocycles. The summed E-state index contributed by atoms with van der Waals surface area (Å²) in [4.78, 5) is 12.8. The molecule has 6 nitrogen and oxygen atoms in total. The fraction of sp³-hybridized carbons (Fsp3) is 0.538. The van der Waals surface area contributed by atoms with Gasteiger partial charge in [-0.3, -0.25) is 4.79 Å². The van der Waals surface area contributed by atoms with Crippen LogP contribution in [0.1, 0.15) is 44.0 Å². The maximum Gasteiger partial charge on any atom is 0.271 e. The van der Waals surface area contributed by atoms with Crippen molar-refractivity contribution in [2.24, 2.45) is 17.6 Å². The first-order chi connectivity index (χ1) is 15.6. The van der Waals surface area contributed by atoms with Gasteiger partial charge in [-0.25, -0.2) is 4.68 Å². The van der Waals surface area contributed by atoms with Crippen LogP contribution in [0.25, 0.3) is 11.1 Å². The predicted molar refractivity (Wildman–Crippen MR) is 136 cm³/mol. The van der Waals surface area contributed by atoms with Crippen LogP contribution in [-0.2, 0) is 16.3 Å². The summed E-state index contributed by atoms with van der Waals surface area (Å²) >= 11 is 0. The second-order valence-corrected chi connectivity index (χ2v) is 16.3. The minimum atomic E-state index is -1.35. The first-order valence-electron chi connectivity index (χ1n) is 12.1. The number of carbonyl (C=O) groups excluding carboxylic acids is 1. The van der Waals surface area contributed by atoms with Crippen LogP contribution in [-0.4, -0.2) is 29.5 Å². The molecule has 0 saturated heterocycles. The zero-order valence-corrected chi connectivity index (χ0v) is 21.9. The lowest BCUT2D eigenvalue weighted by Crippen LogP contribution is -2.38. The van der Waals surface area contributed by atoms with Gasteiger partial charge >= 0.3 is 0 Å². The standard InChI is InChI=1S/C26H38N4O2Si/c1-16-23(17(2)30(29-16)15-32-18(3)33(4,5)6)19-11-13-22(14-12-19)28-26(31)25(27)24(20-7-8-20)21-9-10-21/h11-14,18,20-21H,7-10,15,27H2,1-6H3,(H,28,31)/t18-/m0/s1. The van der Waals surface area contributed by atoms with Gasteiger partial charge in [-0.2, -0.15) is 5.10 Å². The van der Waals surface area contributed by atoms with E-state index < -0.39 is 8.07 Å². The van der Waals surface area contributed by atoms with Crippen molar-refractivity contribution in [1.29, 1.82) is 0 Å². The van der Waals surface area contributed by atoms with Crippen molar-refractivity contribution >= 4 is 19.7 Å². The van der Waals surface area contributed by atoms with Gasteiger partial charge in [-0.05, 0) is 81.6 Å². The molecule has 3 N–H and O–H groups in total. The number of nitrogens with two attached hydrogens (primary N) is 1. The van der Waals surface area contributed by atoms with Crippen LogP contribution in [0.5, 0.6) is 0 Å². The van der Waals surface area contributed by atoms with Gasteiger partial charge in [-0.15, -0.1) is 0 Å². The Bertz CT molecular complexity index is 1040. The molecule has 4 rings (SSSR count). The molecule has 33 heavy (non-hydrogen) atoms. The second-order valence-electron chi connectivity index (χ2n) is 10.8.